The van der Waals surface area contributed by atoms with E-state index in [2.05, 4.69) is 42.7 Å². The summed E-state index contributed by atoms with van der Waals surface area (Å²) >= 11 is 0. The Labute approximate surface area is 383 Å². The van der Waals surface area contributed by atoms with Gasteiger partial charge in [-0.25, -0.2) is 9.13 Å². The Hall–Kier alpha value is -1.56. The van der Waals surface area contributed by atoms with Crippen molar-refractivity contribution in [2.45, 2.75) is 236 Å². The summed E-state index contributed by atoms with van der Waals surface area (Å²) in [5, 5.41) is 41.2. The molecule has 1 aliphatic rings. The average Bonchev–Trinajstić information content (AvgIpc) is 3.23. The zero-order chi connectivity index (χ0) is 46.8. The highest BCUT2D eigenvalue weighted by atomic mass is 31.2. The van der Waals surface area contributed by atoms with Gasteiger partial charge in [0.15, 0.2) is 6.10 Å². The quantitative estimate of drug-likeness (QED) is 0.0123. The third-order valence-electron chi connectivity index (χ3n) is 11.0. The highest BCUT2D eigenvalue weighted by Crippen LogP contribution is 2.49. The van der Waals surface area contributed by atoms with E-state index in [0.29, 0.717) is 12.8 Å². The summed E-state index contributed by atoms with van der Waals surface area (Å²) in [5.74, 6) is -1.22. The van der Waals surface area contributed by atoms with Crippen molar-refractivity contribution in [3.05, 3.63) is 24.3 Å². The minimum absolute atomic E-state index is 0. The molecule has 0 saturated heterocycles. The summed E-state index contributed by atoms with van der Waals surface area (Å²) in [6.07, 6.45) is 22.8. The van der Waals surface area contributed by atoms with Crippen LogP contribution in [0, 0.1) is 0 Å². The Balaban J connectivity index is 0.0000397. The number of unbranched alkanes of at least 4 members (excludes halogenated alkanes) is 22. The molecule has 1 rings (SSSR count). The molecule has 0 spiro atoms. The number of hydrogen-bond donors (Lipinski definition) is 8. The monoisotopic (exact) mass is 960 g/mol. The molecule has 17 nitrogen and oxygen atoms in total. The fourth-order valence-corrected chi connectivity index (χ4v) is 8.79. The van der Waals surface area contributed by atoms with Crippen molar-refractivity contribution in [1.29, 1.82) is 0 Å². The van der Waals surface area contributed by atoms with Crippen LogP contribution in [-0.2, 0) is 41.8 Å². The van der Waals surface area contributed by atoms with Crippen molar-refractivity contribution in [3.63, 3.8) is 0 Å². The molecule has 1 saturated carbocycles. The lowest BCUT2D eigenvalue weighted by Gasteiger charge is -2.43. The van der Waals surface area contributed by atoms with Gasteiger partial charge in [-0.05, 0) is 64.2 Å². The molecule has 0 aromatic heterocycles. The summed E-state index contributed by atoms with van der Waals surface area (Å²) < 4.78 is 49.4. The number of aliphatic hydroxyl groups excluding tert-OH is 4. The minimum Gasteiger partial charge on any atom is -0.462 e. The molecule has 0 aromatic carbocycles. The first-order valence-corrected chi connectivity index (χ1v) is 26.9. The van der Waals surface area contributed by atoms with Crippen LogP contribution in [0.15, 0.2) is 24.3 Å². The van der Waals surface area contributed by atoms with E-state index in [-0.39, 0.29) is 19.0 Å². The van der Waals surface area contributed by atoms with E-state index in [1.54, 1.807) is 0 Å². The van der Waals surface area contributed by atoms with Crippen LogP contribution >= 0.6 is 15.6 Å². The topological polar surface area (TPSA) is 291 Å². The van der Waals surface area contributed by atoms with Crippen LogP contribution in [0.25, 0.3) is 0 Å². The Bertz CT molecular complexity index is 1330. The Kier molecular flexibility index (Phi) is 37.5. The Morgan fingerprint density at radius 1 is 0.500 bits per heavy atom. The van der Waals surface area contributed by atoms with E-state index >= 15 is 0 Å². The van der Waals surface area contributed by atoms with Crippen LogP contribution in [0.3, 0.4) is 0 Å². The largest absolute Gasteiger partial charge is 0.472 e. The highest BCUT2D eigenvalue weighted by molar-refractivity contribution is 7.47. The number of esters is 2. The summed E-state index contributed by atoms with van der Waals surface area (Å²) in [7, 11) is -10.7. The van der Waals surface area contributed by atoms with Crippen molar-refractivity contribution in [2.75, 3.05) is 13.2 Å². The molecule has 19 heteroatoms. The third kappa shape index (κ3) is 32.2. The van der Waals surface area contributed by atoms with Gasteiger partial charge in [-0.2, -0.15) is 0 Å². The molecule has 1 fully saturated rings. The number of phosphoric acid groups is 2. The maximum atomic E-state index is 13.0. The van der Waals surface area contributed by atoms with Gasteiger partial charge in [-0.3, -0.25) is 23.2 Å². The van der Waals surface area contributed by atoms with Crippen molar-refractivity contribution in [3.8, 4) is 0 Å². The lowest BCUT2D eigenvalue weighted by molar-refractivity contribution is -0.216. The Morgan fingerprint density at radius 2 is 0.875 bits per heavy atom. The second-order valence-electron chi connectivity index (χ2n) is 16.8. The van der Waals surface area contributed by atoms with E-state index in [1.807, 2.05) is 0 Å². The van der Waals surface area contributed by atoms with E-state index in [4.69, 9.17) is 28.3 Å². The van der Waals surface area contributed by atoms with Crippen molar-refractivity contribution in [2.24, 2.45) is 0 Å². The average molecular weight is 960 g/mol. The molecular weight excluding hydrogens is 872 g/mol. The second-order valence-corrected chi connectivity index (χ2v) is 19.4. The van der Waals surface area contributed by atoms with Gasteiger partial charge in [0.2, 0.25) is 0 Å². The van der Waals surface area contributed by atoms with Gasteiger partial charge in [0, 0.05) is 12.8 Å². The molecule has 0 heterocycles. The van der Waals surface area contributed by atoms with Gasteiger partial charge in [-0.15, -0.1) is 0 Å². The van der Waals surface area contributed by atoms with Crippen LogP contribution in [0.1, 0.15) is 194 Å². The molecule has 0 bridgehead atoms. The molecule has 0 radical (unpaired) electrons. The highest BCUT2D eigenvalue weighted by Gasteiger charge is 2.54. The zero-order valence-electron chi connectivity index (χ0n) is 39.0. The first kappa shape index (κ1) is 62.4. The first-order valence-electron chi connectivity index (χ1n) is 23.9. The fraction of sp³-hybridized carbons (Fsp3) is 0.867. The molecule has 0 amide bonds. The standard InChI is InChI=1S/C45H84O16P2.H3N/c1-3-5-7-9-11-13-15-17-19-21-23-25-27-29-31-33-38(46)57-35-37(59-39(47)34-32-30-28-26-24-22-20-18-16-14-12-10-8-6-4-2)36-58-63(55,56)61-45-42(50)40(48)41(49)44(43(45)51)60-62(52,53)54;/h17-20,37,40-45,48-51H,3-16,21-36H2,1-2H3,(H,55,56)(H2,52,53,54);1H3. The lowest BCUT2D eigenvalue weighted by Crippen LogP contribution is -2.64. The lowest BCUT2D eigenvalue weighted by atomic mass is 9.85. The summed E-state index contributed by atoms with van der Waals surface area (Å²) in [6.45, 7) is 3.09. The molecule has 64 heavy (non-hydrogen) atoms. The van der Waals surface area contributed by atoms with Gasteiger partial charge in [0.25, 0.3) is 0 Å². The molecule has 0 aliphatic heterocycles. The van der Waals surface area contributed by atoms with Crippen molar-refractivity contribution >= 4 is 27.6 Å². The maximum Gasteiger partial charge on any atom is 0.472 e. The van der Waals surface area contributed by atoms with E-state index < -0.39 is 83.5 Å². The maximum absolute atomic E-state index is 13.0. The molecule has 0 aromatic rings. The number of aliphatic hydroxyl groups is 4. The summed E-state index contributed by atoms with van der Waals surface area (Å²) in [5.41, 5.74) is 0. The molecular formula is C45H87NO16P2. The number of rotatable bonds is 40. The first-order chi connectivity index (χ1) is 30.1. The number of allylic oxidation sites excluding steroid dienone is 4. The van der Waals surface area contributed by atoms with Crippen LogP contribution in [0.5, 0.6) is 0 Å². The third-order valence-corrected chi connectivity index (χ3v) is 12.5. The number of carbonyl (C=O) groups is 2. The predicted octanol–water partition coefficient (Wildman–Crippen LogP) is 9.12. The van der Waals surface area contributed by atoms with Crippen LogP contribution in [-0.4, -0.2) is 103 Å². The van der Waals surface area contributed by atoms with Crippen molar-refractivity contribution < 1.29 is 76.9 Å². The van der Waals surface area contributed by atoms with Gasteiger partial charge < -0.3 is 50.7 Å². The molecule has 8 atom stereocenters. The Morgan fingerprint density at radius 3 is 1.30 bits per heavy atom. The van der Waals surface area contributed by atoms with Crippen LogP contribution in [0.4, 0.5) is 0 Å². The molecule has 378 valence electrons. The van der Waals surface area contributed by atoms with Crippen LogP contribution in [0.2, 0.25) is 0 Å². The predicted molar refractivity (Wildman–Crippen MR) is 246 cm³/mol. The van der Waals surface area contributed by atoms with Gasteiger partial charge in [0.1, 0.15) is 43.2 Å². The number of hydrogen-bond acceptors (Lipinski definition) is 14. The van der Waals surface area contributed by atoms with E-state index in [9.17, 15) is 44.0 Å². The molecule has 8 unspecified atom stereocenters. The number of ether oxygens (including phenoxy) is 2. The number of carbonyl (C=O) groups excluding carboxylic acids is 2. The molecule has 10 N–H and O–H groups in total. The van der Waals surface area contributed by atoms with Gasteiger partial charge in [-0.1, -0.05) is 141 Å². The minimum atomic E-state index is -5.36. The summed E-state index contributed by atoms with van der Waals surface area (Å²) in [4.78, 5) is 54.2. The van der Waals surface area contributed by atoms with Crippen LogP contribution < -0.4 is 6.15 Å². The van der Waals surface area contributed by atoms with E-state index in [0.717, 1.165) is 77.0 Å². The second kappa shape index (κ2) is 38.4. The normalized spacial score (nSPS) is 21.8. The summed E-state index contributed by atoms with van der Waals surface area (Å²) in [6, 6.07) is 0. The van der Waals surface area contributed by atoms with Crippen molar-refractivity contribution in [1.82, 2.24) is 6.15 Å². The van der Waals surface area contributed by atoms with Gasteiger partial charge in [0.05, 0.1) is 6.61 Å². The zero-order valence-corrected chi connectivity index (χ0v) is 40.8. The molecule has 1 aliphatic carbocycles. The SMILES string of the molecule is CCCCCCCCC=CCCCCCCCC(=O)OCC(COP(=O)(O)OC1C(O)C(O)C(O)C(OP(=O)(O)O)C1O)OC(=O)CCCCCCCC=CCCCCCCCC.N. The fourth-order valence-electron chi connectivity index (χ4n) is 7.25. The smallest absolute Gasteiger partial charge is 0.462 e. The number of phosphoric ester groups is 2. The van der Waals surface area contributed by atoms with Gasteiger partial charge >= 0.3 is 27.6 Å². The van der Waals surface area contributed by atoms with E-state index in [1.165, 1.54) is 77.0 Å².